The zero-order valence-electron chi connectivity index (χ0n) is 10.9. The van der Waals surface area contributed by atoms with Crippen LogP contribution < -0.4 is 0 Å². The van der Waals surface area contributed by atoms with E-state index in [4.69, 9.17) is 5.11 Å². The number of urea groups is 1. The van der Waals surface area contributed by atoms with Gasteiger partial charge in [-0.15, -0.1) is 0 Å². The number of aliphatic carboxylic acids is 1. The number of carboxylic acid groups (broad SMARTS) is 1. The SMILES string of the molecule is CSCC(C)N(C)C(=O)N(CC(=O)O)CC(F)(F)F. The average molecular weight is 302 g/mol. The fourth-order valence-electron chi connectivity index (χ4n) is 1.34. The number of hydrogen-bond acceptors (Lipinski definition) is 3. The van der Waals surface area contributed by atoms with Crippen LogP contribution in [-0.4, -0.2) is 71.3 Å². The van der Waals surface area contributed by atoms with Crippen molar-refractivity contribution in [2.24, 2.45) is 0 Å². The third-order valence-electron chi connectivity index (χ3n) is 2.34. The Morgan fingerprint density at radius 3 is 2.26 bits per heavy atom. The molecule has 9 heteroatoms. The maximum Gasteiger partial charge on any atom is 0.406 e. The summed E-state index contributed by atoms with van der Waals surface area (Å²) in [5, 5.41) is 8.57. The van der Waals surface area contributed by atoms with Gasteiger partial charge in [0, 0.05) is 18.8 Å². The number of amides is 2. The monoisotopic (exact) mass is 302 g/mol. The zero-order valence-corrected chi connectivity index (χ0v) is 11.7. The van der Waals surface area contributed by atoms with Gasteiger partial charge in [0.1, 0.15) is 13.1 Å². The molecule has 0 fully saturated rings. The molecule has 0 spiro atoms. The maximum absolute atomic E-state index is 12.3. The molecule has 1 N–H and O–H groups in total. The lowest BCUT2D eigenvalue weighted by molar-refractivity contribution is -0.149. The summed E-state index contributed by atoms with van der Waals surface area (Å²) < 4.78 is 37.0. The van der Waals surface area contributed by atoms with Gasteiger partial charge in [-0.3, -0.25) is 4.79 Å². The molecule has 5 nitrogen and oxygen atoms in total. The van der Waals surface area contributed by atoms with Gasteiger partial charge in [-0.2, -0.15) is 24.9 Å². The summed E-state index contributed by atoms with van der Waals surface area (Å²) >= 11 is 1.44. The average Bonchev–Trinajstić information content (AvgIpc) is 2.24. The first-order chi connectivity index (χ1) is 8.58. The van der Waals surface area contributed by atoms with Crippen LogP contribution in [0.25, 0.3) is 0 Å². The van der Waals surface area contributed by atoms with Gasteiger partial charge in [-0.1, -0.05) is 0 Å². The molecule has 0 aromatic carbocycles. The molecule has 0 aromatic rings. The Hall–Kier alpha value is -1.12. The number of hydrogen-bond donors (Lipinski definition) is 1. The predicted octanol–water partition coefficient (Wildman–Crippen LogP) is 1.74. The number of carbonyl (C=O) groups excluding carboxylic acids is 1. The van der Waals surface area contributed by atoms with Gasteiger partial charge in [0.2, 0.25) is 0 Å². The Bertz CT molecular complexity index is 326. The van der Waals surface area contributed by atoms with E-state index in [1.165, 1.54) is 18.8 Å². The quantitative estimate of drug-likeness (QED) is 0.812. The van der Waals surface area contributed by atoms with E-state index in [-0.39, 0.29) is 10.9 Å². The van der Waals surface area contributed by atoms with Crippen molar-refractivity contribution in [3.05, 3.63) is 0 Å². The van der Waals surface area contributed by atoms with Gasteiger partial charge < -0.3 is 14.9 Å². The minimum Gasteiger partial charge on any atom is -0.480 e. The third-order valence-corrected chi connectivity index (χ3v) is 3.15. The molecule has 0 saturated carbocycles. The minimum absolute atomic E-state index is 0.277. The summed E-state index contributed by atoms with van der Waals surface area (Å²) in [6.07, 6.45) is -2.83. The molecule has 0 radical (unpaired) electrons. The maximum atomic E-state index is 12.3. The number of alkyl halides is 3. The van der Waals surface area contributed by atoms with Crippen molar-refractivity contribution >= 4 is 23.8 Å². The molecule has 0 saturated heterocycles. The topological polar surface area (TPSA) is 60.9 Å². The second kappa shape index (κ2) is 7.46. The summed E-state index contributed by atoms with van der Waals surface area (Å²) in [6, 6.07) is -1.23. The van der Waals surface area contributed by atoms with E-state index >= 15 is 0 Å². The van der Waals surface area contributed by atoms with Gasteiger partial charge in [0.05, 0.1) is 0 Å². The van der Waals surface area contributed by atoms with Crippen LogP contribution in [0.5, 0.6) is 0 Å². The second-order valence-corrected chi connectivity index (χ2v) is 4.97. The molecular formula is C10H17F3N2O3S. The smallest absolute Gasteiger partial charge is 0.406 e. The lowest BCUT2D eigenvalue weighted by atomic mass is 10.3. The summed E-state index contributed by atoms with van der Waals surface area (Å²) in [5.41, 5.74) is 0. The summed E-state index contributed by atoms with van der Waals surface area (Å²) in [6.45, 7) is -0.871. The Morgan fingerprint density at radius 2 is 1.89 bits per heavy atom. The summed E-state index contributed by atoms with van der Waals surface area (Å²) in [4.78, 5) is 23.8. The van der Waals surface area contributed by atoms with Crippen LogP contribution in [-0.2, 0) is 4.79 Å². The van der Waals surface area contributed by atoms with Crippen molar-refractivity contribution in [1.29, 1.82) is 0 Å². The lowest BCUT2D eigenvalue weighted by Crippen LogP contribution is -2.50. The molecule has 0 aliphatic heterocycles. The van der Waals surface area contributed by atoms with E-state index < -0.39 is 31.3 Å². The van der Waals surface area contributed by atoms with Crippen molar-refractivity contribution in [2.45, 2.75) is 19.1 Å². The Kier molecular flexibility index (Phi) is 7.02. The molecular weight excluding hydrogens is 285 g/mol. The molecule has 112 valence electrons. The van der Waals surface area contributed by atoms with E-state index in [2.05, 4.69) is 0 Å². The first-order valence-electron chi connectivity index (χ1n) is 5.37. The second-order valence-electron chi connectivity index (χ2n) is 4.06. The van der Waals surface area contributed by atoms with E-state index in [0.717, 1.165) is 4.90 Å². The molecule has 0 bridgehead atoms. The van der Waals surface area contributed by atoms with Gasteiger partial charge >= 0.3 is 18.2 Å². The van der Waals surface area contributed by atoms with E-state index in [1.54, 1.807) is 13.2 Å². The molecule has 1 unspecified atom stereocenters. The van der Waals surface area contributed by atoms with Gasteiger partial charge in [-0.05, 0) is 13.2 Å². The minimum atomic E-state index is -4.63. The number of carboxylic acids is 1. The fraction of sp³-hybridized carbons (Fsp3) is 0.800. The molecule has 0 aromatic heterocycles. The lowest BCUT2D eigenvalue weighted by Gasteiger charge is -2.31. The number of carbonyl (C=O) groups is 2. The van der Waals surface area contributed by atoms with Crippen molar-refractivity contribution < 1.29 is 27.9 Å². The normalized spacial score (nSPS) is 12.9. The van der Waals surface area contributed by atoms with Crippen LogP contribution in [0.3, 0.4) is 0 Å². The van der Waals surface area contributed by atoms with E-state index in [0.29, 0.717) is 5.75 Å². The third kappa shape index (κ3) is 7.14. The first-order valence-corrected chi connectivity index (χ1v) is 6.77. The molecule has 0 aliphatic carbocycles. The highest BCUT2D eigenvalue weighted by Gasteiger charge is 2.35. The summed E-state index contributed by atoms with van der Waals surface area (Å²) in [5.74, 6) is -0.932. The van der Waals surface area contributed by atoms with Crippen LogP contribution in [0, 0.1) is 0 Å². The number of thioether (sulfide) groups is 1. The first kappa shape index (κ1) is 17.9. The van der Waals surface area contributed by atoms with Gasteiger partial charge in [-0.25, -0.2) is 4.79 Å². The Morgan fingerprint density at radius 1 is 1.37 bits per heavy atom. The van der Waals surface area contributed by atoms with Crippen LogP contribution in [0.2, 0.25) is 0 Å². The highest BCUT2D eigenvalue weighted by Crippen LogP contribution is 2.18. The van der Waals surface area contributed by atoms with Crippen LogP contribution in [0.15, 0.2) is 0 Å². The van der Waals surface area contributed by atoms with Crippen molar-refractivity contribution in [2.75, 3.05) is 32.1 Å². The van der Waals surface area contributed by atoms with Crippen LogP contribution in [0.4, 0.5) is 18.0 Å². The number of rotatable bonds is 6. The van der Waals surface area contributed by atoms with Crippen molar-refractivity contribution in [3.63, 3.8) is 0 Å². The summed E-state index contributed by atoms with van der Waals surface area (Å²) in [7, 11) is 1.36. The zero-order chi connectivity index (χ0) is 15.2. The fourth-order valence-corrected chi connectivity index (χ4v) is 2.04. The number of nitrogens with zero attached hydrogens (tertiary/aromatic N) is 2. The van der Waals surface area contributed by atoms with E-state index in [9.17, 15) is 22.8 Å². The Labute approximate surface area is 113 Å². The van der Waals surface area contributed by atoms with Gasteiger partial charge in [0.25, 0.3) is 0 Å². The van der Waals surface area contributed by atoms with Crippen LogP contribution in [0.1, 0.15) is 6.92 Å². The van der Waals surface area contributed by atoms with Crippen molar-refractivity contribution in [1.82, 2.24) is 9.80 Å². The molecule has 1 atom stereocenters. The van der Waals surface area contributed by atoms with Crippen molar-refractivity contribution in [3.8, 4) is 0 Å². The highest BCUT2D eigenvalue weighted by atomic mass is 32.2. The van der Waals surface area contributed by atoms with Crippen LogP contribution >= 0.6 is 11.8 Å². The highest BCUT2D eigenvalue weighted by molar-refractivity contribution is 7.98. The molecule has 0 rings (SSSR count). The number of halogens is 3. The van der Waals surface area contributed by atoms with E-state index in [1.807, 2.05) is 0 Å². The molecule has 19 heavy (non-hydrogen) atoms. The Balaban J connectivity index is 4.84. The molecule has 2 amide bonds. The standard InChI is InChI=1S/C10H17F3N2O3S/c1-7(5-19-3)14(2)9(18)15(4-8(16)17)6-10(11,12)13/h7H,4-6H2,1-3H3,(H,16,17). The molecule has 0 heterocycles. The predicted molar refractivity (Wildman–Crippen MR) is 66.3 cm³/mol. The van der Waals surface area contributed by atoms with Gasteiger partial charge in [0.15, 0.2) is 0 Å². The largest absolute Gasteiger partial charge is 0.480 e. The molecule has 0 aliphatic rings.